The molecule has 0 radical (unpaired) electrons. The molecule has 0 bridgehead atoms. The molecule has 0 aliphatic carbocycles. The highest BCUT2D eigenvalue weighted by Crippen LogP contribution is 2.30. The molecule has 0 fully saturated rings. The first-order valence-electron chi connectivity index (χ1n) is 3.91. The molecular weight excluding hydrogens is 186 g/mol. The van der Waals surface area contributed by atoms with Gasteiger partial charge in [-0.1, -0.05) is 0 Å². The maximum atomic E-state index is 8.34. The van der Waals surface area contributed by atoms with Gasteiger partial charge in [-0.15, -0.1) is 0 Å². The summed E-state index contributed by atoms with van der Waals surface area (Å²) in [5, 5.41) is 8.34. The molecule has 0 spiro atoms. The van der Waals surface area contributed by atoms with Crippen LogP contribution in [0.25, 0.3) is 0 Å². The zero-order chi connectivity index (χ0) is 10.6. The molecule has 0 saturated carbocycles. The van der Waals surface area contributed by atoms with Gasteiger partial charge in [0, 0.05) is 11.8 Å². The van der Waals surface area contributed by atoms with Gasteiger partial charge in [-0.3, -0.25) is 0 Å². The second-order valence-corrected chi connectivity index (χ2v) is 2.62. The number of aliphatic hydroxyl groups is 1. The highest BCUT2D eigenvalue weighted by Gasteiger charge is 2.05. The highest BCUT2D eigenvalue weighted by molar-refractivity contribution is 5.75. The Morgan fingerprint density at radius 2 is 1.93 bits per heavy atom. The number of anilines is 3. The molecule has 0 heterocycles. The number of hydrogen-bond acceptors (Lipinski definition) is 6. The summed E-state index contributed by atoms with van der Waals surface area (Å²) in [6.07, 6.45) is 0. The Labute approximate surface area is 81.2 Å². The van der Waals surface area contributed by atoms with E-state index in [1.54, 1.807) is 0 Å². The summed E-state index contributed by atoms with van der Waals surface area (Å²) in [5.74, 6) is 0.343. The van der Waals surface area contributed by atoms with Crippen LogP contribution < -0.4 is 21.9 Å². The molecule has 7 N–H and O–H groups in total. The maximum Gasteiger partial charge on any atom is 0.191 e. The van der Waals surface area contributed by atoms with E-state index in [-0.39, 0.29) is 6.79 Å². The molecule has 0 unspecified atom stereocenters. The predicted octanol–water partition coefficient (Wildman–Crippen LogP) is -0.264. The summed E-state index contributed by atoms with van der Waals surface area (Å²) in [6.45, 7) is -0.526. The van der Waals surface area contributed by atoms with Crippen LogP contribution >= 0.6 is 0 Å². The third-order valence-corrected chi connectivity index (χ3v) is 1.59. The van der Waals surface area contributed by atoms with Crippen molar-refractivity contribution in [2.45, 2.75) is 0 Å². The standard InChI is InChI=1S/C8H13N3O3/c9-5-1-6(10)8(11)7(2-5)14-4-13-3-12/h1-2,12H,3-4,9-11H2. The van der Waals surface area contributed by atoms with Crippen LogP contribution in [0.5, 0.6) is 5.75 Å². The van der Waals surface area contributed by atoms with Crippen molar-refractivity contribution in [2.75, 3.05) is 30.8 Å². The molecule has 0 saturated heterocycles. The number of ether oxygens (including phenoxy) is 2. The lowest BCUT2D eigenvalue weighted by atomic mass is 10.2. The number of benzene rings is 1. The minimum atomic E-state index is -0.419. The molecule has 6 heteroatoms. The third-order valence-electron chi connectivity index (χ3n) is 1.59. The minimum Gasteiger partial charge on any atom is -0.465 e. The van der Waals surface area contributed by atoms with Crippen LogP contribution in [-0.4, -0.2) is 18.7 Å². The normalized spacial score (nSPS) is 10.1. The van der Waals surface area contributed by atoms with E-state index in [2.05, 4.69) is 4.74 Å². The SMILES string of the molecule is Nc1cc(N)c(N)c(OCOCO)c1. The average Bonchev–Trinajstić information content (AvgIpc) is 2.13. The fourth-order valence-electron chi connectivity index (χ4n) is 0.932. The van der Waals surface area contributed by atoms with Crippen molar-refractivity contribution in [3.63, 3.8) is 0 Å². The van der Waals surface area contributed by atoms with Crippen LogP contribution in [0.1, 0.15) is 0 Å². The molecule has 78 valence electrons. The van der Waals surface area contributed by atoms with Crippen molar-refractivity contribution in [3.8, 4) is 5.75 Å². The lowest BCUT2D eigenvalue weighted by Crippen LogP contribution is -2.07. The molecule has 0 atom stereocenters. The van der Waals surface area contributed by atoms with Gasteiger partial charge in [0.2, 0.25) is 0 Å². The molecule has 1 rings (SSSR count). The van der Waals surface area contributed by atoms with E-state index in [1.165, 1.54) is 12.1 Å². The first-order valence-corrected chi connectivity index (χ1v) is 3.91. The largest absolute Gasteiger partial charge is 0.465 e. The summed E-state index contributed by atoms with van der Waals surface area (Å²) in [6, 6.07) is 3.07. The van der Waals surface area contributed by atoms with E-state index in [4.69, 9.17) is 27.0 Å². The zero-order valence-electron chi connectivity index (χ0n) is 7.56. The van der Waals surface area contributed by atoms with E-state index < -0.39 is 6.79 Å². The number of nitrogen functional groups attached to an aromatic ring is 3. The van der Waals surface area contributed by atoms with Gasteiger partial charge in [0.1, 0.15) is 12.5 Å². The Balaban J connectivity index is 2.75. The first kappa shape index (κ1) is 10.4. The maximum absolute atomic E-state index is 8.34. The molecular formula is C8H13N3O3. The Morgan fingerprint density at radius 1 is 1.21 bits per heavy atom. The Hall–Kier alpha value is -1.66. The summed E-state index contributed by atoms with van der Waals surface area (Å²) < 4.78 is 9.64. The van der Waals surface area contributed by atoms with Crippen LogP contribution in [0.15, 0.2) is 12.1 Å². The fourth-order valence-corrected chi connectivity index (χ4v) is 0.932. The third kappa shape index (κ3) is 2.41. The number of aliphatic hydroxyl groups excluding tert-OH is 1. The van der Waals surface area contributed by atoms with Gasteiger partial charge in [-0.2, -0.15) is 0 Å². The quantitative estimate of drug-likeness (QED) is 0.301. The molecule has 14 heavy (non-hydrogen) atoms. The number of hydrogen-bond donors (Lipinski definition) is 4. The minimum absolute atomic E-state index is 0.108. The van der Waals surface area contributed by atoms with E-state index in [1.807, 2.05) is 0 Å². The van der Waals surface area contributed by atoms with Crippen molar-refractivity contribution in [3.05, 3.63) is 12.1 Å². The van der Waals surface area contributed by atoms with Gasteiger partial charge in [0.15, 0.2) is 6.79 Å². The average molecular weight is 199 g/mol. The fraction of sp³-hybridized carbons (Fsp3) is 0.250. The molecule has 1 aromatic carbocycles. The van der Waals surface area contributed by atoms with E-state index in [0.29, 0.717) is 22.8 Å². The number of rotatable bonds is 4. The van der Waals surface area contributed by atoms with Crippen LogP contribution in [-0.2, 0) is 4.74 Å². The van der Waals surface area contributed by atoms with Gasteiger partial charge in [-0.05, 0) is 6.07 Å². The van der Waals surface area contributed by atoms with Crippen molar-refractivity contribution in [1.82, 2.24) is 0 Å². The summed E-state index contributed by atoms with van der Waals surface area (Å²) >= 11 is 0. The van der Waals surface area contributed by atoms with E-state index >= 15 is 0 Å². The van der Waals surface area contributed by atoms with Crippen LogP contribution in [0.4, 0.5) is 17.1 Å². The van der Waals surface area contributed by atoms with Crippen LogP contribution in [0, 0.1) is 0 Å². The van der Waals surface area contributed by atoms with Crippen LogP contribution in [0.3, 0.4) is 0 Å². The second kappa shape index (κ2) is 4.54. The summed E-state index contributed by atoms with van der Waals surface area (Å²) in [5.41, 5.74) is 17.8. The monoisotopic (exact) mass is 199 g/mol. The molecule has 6 nitrogen and oxygen atoms in total. The van der Waals surface area contributed by atoms with Gasteiger partial charge in [0.25, 0.3) is 0 Å². The molecule has 0 aliphatic rings. The molecule has 0 amide bonds. The Kier molecular flexibility index (Phi) is 3.38. The lowest BCUT2D eigenvalue weighted by molar-refractivity contribution is -0.0650. The molecule has 0 aromatic heterocycles. The Morgan fingerprint density at radius 3 is 2.57 bits per heavy atom. The Bertz CT molecular complexity index is 317. The molecule has 0 aliphatic heterocycles. The zero-order valence-corrected chi connectivity index (χ0v) is 7.56. The van der Waals surface area contributed by atoms with E-state index in [9.17, 15) is 0 Å². The van der Waals surface area contributed by atoms with E-state index in [0.717, 1.165) is 0 Å². The molecule has 1 aromatic rings. The lowest BCUT2D eigenvalue weighted by Gasteiger charge is -2.10. The first-order chi connectivity index (χ1) is 6.65. The van der Waals surface area contributed by atoms with Gasteiger partial charge >= 0.3 is 0 Å². The number of nitrogens with two attached hydrogens (primary N) is 3. The van der Waals surface area contributed by atoms with Crippen molar-refractivity contribution < 1.29 is 14.6 Å². The van der Waals surface area contributed by atoms with Gasteiger partial charge < -0.3 is 31.8 Å². The van der Waals surface area contributed by atoms with Crippen molar-refractivity contribution in [1.29, 1.82) is 0 Å². The van der Waals surface area contributed by atoms with Gasteiger partial charge in [-0.25, -0.2) is 0 Å². The second-order valence-electron chi connectivity index (χ2n) is 2.62. The van der Waals surface area contributed by atoms with Crippen molar-refractivity contribution >= 4 is 17.1 Å². The van der Waals surface area contributed by atoms with Gasteiger partial charge in [0.05, 0.1) is 11.4 Å². The smallest absolute Gasteiger partial charge is 0.191 e. The topological polar surface area (TPSA) is 117 Å². The summed E-state index contributed by atoms with van der Waals surface area (Å²) in [7, 11) is 0. The van der Waals surface area contributed by atoms with Crippen LogP contribution in [0.2, 0.25) is 0 Å². The highest BCUT2D eigenvalue weighted by atomic mass is 16.7. The summed E-state index contributed by atoms with van der Waals surface area (Å²) in [4.78, 5) is 0. The van der Waals surface area contributed by atoms with Crippen molar-refractivity contribution in [2.24, 2.45) is 0 Å². The predicted molar refractivity (Wildman–Crippen MR) is 53.3 cm³/mol.